The molecule has 1 aliphatic heterocycles. The van der Waals surface area contributed by atoms with Gasteiger partial charge in [-0.2, -0.15) is 0 Å². The molecule has 130 valence electrons. The summed E-state index contributed by atoms with van der Waals surface area (Å²) in [5.41, 5.74) is 10.6. The summed E-state index contributed by atoms with van der Waals surface area (Å²) in [5, 5.41) is 10.6. The Kier molecular flexibility index (Phi) is 5.03. The molecule has 5 nitrogen and oxygen atoms in total. The molecule has 1 aliphatic rings. The van der Waals surface area contributed by atoms with Gasteiger partial charge in [-0.05, 0) is 48.6 Å². The third-order valence-corrected chi connectivity index (χ3v) is 4.68. The highest BCUT2D eigenvalue weighted by Crippen LogP contribution is 2.30. The average Bonchev–Trinajstić information content (AvgIpc) is 2.65. The Morgan fingerprint density at radius 1 is 1.24 bits per heavy atom. The fraction of sp³-hybridized carbons (Fsp3) is 0.300. The van der Waals surface area contributed by atoms with Crippen LogP contribution < -0.4 is 16.0 Å². The lowest BCUT2D eigenvalue weighted by atomic mass is 10.00. The number of nitrogens with one attached hydrogen (secondary N) is 2. The molecule has 2 aromatic rings. The maximum atomic E-state index is 12.7. The summed E-state index contributed by atoms with van der Waals surface area (Å²) in [6, 6.07) is 13.7. The van der Waals surface area contributed by atoms with Crippen LogP contribution in [0.25, 0.3) is 0 Å². The summed E-state index contributed by atoms with van der Waals surface area (Å²) in [7, 11) is 1.91. The Bertz CT molecular complexity index is 783. The number of anilines is 2. The van der Waals surface area contributed by atoms with E-state index in [2.05, 4.69) is 11.4 Å². The van der Waals surface area contributed by atoms with E-state index in [1.165, 1.54) is 5.56 Å². The van der Waals surface area contributed by atoms with Crippen LogP contribution in [-0.4, -0.2) is 25.3 Å². The quantitative estimate of drug-likeness (QED) is 0.580. The van der Waals surface area contributed by atoms with Crippen molar-refractivity contribution in [3.05, 3.63) is 59.2 Å². The highest BCUT2D eigenvalue weighted by molar-refractivity contribution is 5.95. The zero-order valence-corrected chi connectivity index (χ0v) is 14.5. The van der Waals surface area contributed by atoms with Crippen LogP contribution in [0.4, 0.5) is 11.4 Å². The molecule has 0 bridgehead atoms. The highest BCUT2D eigenvalue weighted by Gasteiger charge is 2.22. The standard InChI is InChI=1S/C20H24N4O/c1-23-17-9-10-18-16(13-17)3-2-12-24(18)19(25)11-6-14-4-7-15(8-5-14)20(21)22/h4-5,7-10,13,23H,2-3,6,11-12H2,1H3,(H3,21,22). The highest BCUT2D eigenvalue weighted by atomic mass is 16.2. The van der Waals surface area contributed by atoms with Crippen molar-refractivity contribution in [1.29, 1.82) is 5.41 Å². The Hall–Kier alpha value is -2.82. The predicted octanol–water partition coefficient (Wildman–Crippen LogP) is 2.92. The van der Waals surface area contributed by atoms with Gasteiger partial charge in [0.1, 0.15) is 5.84 Å². The van der Waals surface area contributed by atoms with Gasteiger partial charge in [0.05, 0.1) is 0 Å². The lowest BCUT2D eigenvalue weighted by molar-refractivity contribution is -0.118. The molecule has 0 aromatic heterocycles. The first-order valence-corrected chi connectivity index (χ1v) is 8.63. The van der Waals surface area contributed by atoms with Gasteiger partial charge in [0.15, 0.2) is 0 Å². The van der Waals surface area contributed by atoms with E-state index in [0.717, 1.165) is 36.3 Å². The molecule has 25 heavy (non-hydrogen) atoms. The molecule has 3 rings (SSSR count). The second-order valence-electron chi connectivity index (χ2n) is 6.35. The summed E-state index contributed by atoms with van der Waals surface area (Å²) in [5.74, 6) is 0.224. The number of carbonyl (C=O) groups excluding carboxylic acids is 1. The number of nitrogens with two attached hydrogens (primary N) is 1. The zero-order chi connectivity index (χ0) is 17.8. The molecule has 0 unspecified atom stereocenters. The van der Waals surface area contributed by atoms with Gasteiger partial charge in [0, 0.05) is 37.0 Å². The number of rotatable bonds is 5. The molecule has 1 heterocycles. The molecule has 0 atom stereocenters. The van der Waals surface area contributed by atoms with E-state index in [1.807, 2.05) is 48.3 Å². The molecule has 0 saturated heterocycles. The Morgan fingerprint density at radius 2 is 2.00 bits per heavy atom. The van der Waals surface area contributed by atoms with Crippen molar-refractivity contribution in [2.45, 2.75) is 25.7 Å². The molecule has 5 heteroatoms. The predicted molar refractivity (Wildman–Crippen MR) is 102 cm³/mol. The Balaban J connectivity index is 1.67. The van der Waals surface area contributed by atoms with Crippen LogP contribution in [0.2, 0.25) is 0 Å². The number of hydrogen-bond acceptors (Lipinski definition) is 3. The van der Waals surface area contributed by atoms with Crippen LogP contribution in [0.15, 0.2) is 42.5 Å². The number of aryl methyl sites for hydroxylation is 2. The van der Waals surface area contributed by atoms with Crippen LogP contribution in [0.5, 0.6) is 0 Å². The minimum Gasteiger partial charge on any atom is -0.388 e. The Morgan fingerprint density at radius 3 is 2.68 bits per heavy atom. The molecule has 0 saturated carbocycles. The van der Waals surface area contributed by atoms with Gasteiger partial charge in [-0.1, -0.05) is 24.3 Å². The third-order valence-electron chi connectivity index (χ3n) is 4.68. The van der Waals surface area contributed by atoms with Crippen molar-refractivity contribution < 1.29 is 4.79 Å². The molecule has 0 fully saturated rings. The van der Waals surface area contributed by atoms with Crippen LogP contribution in [-0.2, 0) is 17.6 Å². The number of amidine groups is 1. The van der Waals surface area contributed by atoms with Crippen molar-refractivity contribution >= 4 is 23.1 Å². The second kappa shape index (κ2) is 7.38. The van der Waals surface area contributed by atoms with Gasteiger partial charge in [0.25, 0.3) is 0 Å². The number of nitrogen functional groups attached to an aromatic ring is 1. The van der Waals surface area contributed by atoms with Gasteiger partial charge >= 0.3 is 0 Å². The molecule has 4 N–H and O–H groups in total. The fourth-order valence-corrected chi connectivity index (χ4v) is 3.25. The monoisotopic (exact) mass is 336 g/mol. The van der Waals surface area contributed by atoms with Gasteiger partial charge in [-0.25, -0.2) is 0 Å². The van der Waals surface area contributed by atoms with Gasteiger partial charge < -0.3 is 16.0 Å². The van der Waals surface area contributed by atoms with Crippen molar-refractivity contribution in [3.63, 3.8) is 0 Å². The van der Waals surface area contributed by atoms with E-state index in [-0.39, 0.29) is 11.7 Å². The average molecular weight is 336 g/mol. The zero-order valence-electron chi connectivity index (χ0n) is 14.5. The number of fused-ring (bicyclic) bond motifs is 1. The first-order valence-electron chi connectivity index (χ1n) is 8.63. The van der Waals surface area contributed by atoms with Gasteiger partial charge in [0.2, 0.25) is 5.91 Å². The smallest absolute Gasteiger partial charge is 0.227 e. The lowest BCUT2D eigenvalue weighted by Gasteiger charge is -2.30. The largest absolute Gasteiger partial charge is 0.388 e. The molecular formula is C20H24N4O. The summed E-state index contributed by atoms with van der Waals surface area (Å²) < 4.78 is 0. The first kappa shape index (κ1) is 17.0. The number of amides is 1. The van der Waals surface area contributed by atoms with E-state index in [1.54, 1.807) is 0 Å². The van der Waals surface area contributed by atoms with Crippen molar-refractivity contribution in [2.24, 2.45) is 5.73 Å². The summed E-state index contributed by atoms with van der Waals surface area (Å²) in [6.07, 6.45) is 3.18. The third kappa shape index (κ3) is 3.82. The van der Waals surface area contributed by atoms with Crippen LogP contribution in [0.1, 0.15) is 29.5 Å². The van der Waals surface area contributed by atoms with E-state index >= 15 is 0 Å². The normalized spacial score (nSPS) is 13.2. The summed E-state index contributed by atoms with van der Waals surface area (Å²) in [4.78, 5) is 14.6. The number of hydrogen-bond donors (Lipinski definition) is 3. The molecular weight excluding hydrogens is 312 g/mol. The van der Waals surface area contributed by atoms with Crippen molar-refractivity contribution in [2.75, 3.05) is 23.8 Å². The maximum Gasteiger partial charge on any atom is 0.227 e. The summed E-state index contributed by atoms with van der Waals surface area (Å²) >= 11 is 0. The molecule has 2 aromatic carbocycles. The number of carbonyl (C=O) groups is 1. The van der Waals surface area contributed by atoms with Crippen LogP contribution >= 0.6 is 0 Å². The fourth-order valence-electron chi connectivity index (χ4n) is 3.25. The first-order chi connectivity index (χ1) is 12.1. The minimum absolute atomic E-state index is 0.0634. The van der Waals surface area contributed by atoms with Gasteiger partial charge in [-0.3, -0.25) is 10.2 Å². The van der Waals surface area contributed by atoms with E-state index < -0.39 is 0 Å². The number of nitrogens with zero attached hydrogens (tertiary/aromatic N) is 1. The second-order valence-corrected chi connectivity index (χ2v) is 6.35. The minimum atomic E-state index is 0.0634. The van der Waals surface area contributed by atoms with Gasteiger partial charge in [-0.15, -0.1) is 0 Å². The topological polar surface area (TPSA) is 82.2 Å². The molecule has 0 aliphatic carbocycles. The Labute approximate surface area is 148 Å². The maximum absolute atomic E-state index is 12.7. The molecule has 0 radical (unpaired) electrons. The van der Waals surface area contributed by atoms with Crippen LogP contribution in [0.3, 0.4) is 0 Å². The lowest BCUT2D eigenvalue weighted by Crippen LogP contribution is -2.35. The van der Waals surface area contributed by atoms with E-state index in [9.17, 15) is 4.79 Å². The molecule has 0 spiro atoms. The molecule has 1 amide bonds. The van der Waals surface area contributed by atoms with E-state index in [4.69, 9.17) is 11.1 Å². The van der Waals surface area contributed by atoms with Crippen LogP contribution in [0, 0.1) is 5.41 Å². The van der Waals surface area contributed by atoms with Crippen molar-refractivity contribution in [1.82, 2.24) is 0 Å². The number of benzene rings is 2. The van der Waals surface area contributed by atoms with Crippen molar-refractivity contribution in [3.8, 4) is 0 Å². The summed E-state index contributed by atoms with van der Waals surface area (Å²) in [6.45, 7) is 0.786. The van der Waals surface area contributed by atoms with E-state index in [0.29, 0.717) is 18.4 Å². The SMILES string of the molecule is CNc1ccc2c(c1)CCCN2C(=O)CCc1ccc(C(=N)N)cc1.